The molecule has 2 heteroatoms. The first-order chi connectivity index (χ1) is 6.72. The average Bonchev–Trinajstić information content (AvgIpc) is 2.58. The van der Waals surface area contributed by atoms with Gasteiger partial charge in [-0.25, -0.2) is 0 Å². The molecule has 0 saturated heterocycles. The highest BCUT2D eigenvalue weighted by atomic mass is 32.1. The van der Waals surface area contributed by atoms with Gasteiger partial charge in [0.05, 0.1) is 0 Å². The second kappa shape index (κ2) is 5.76. The Bertz CT molecular complexity index is 323. The van der Waals surface area contributed by atoms with E-state index in [1.807, 2.05) is 12.1 Å². The first kappa shape index (κ1) is 11.2. The molecule has 0 atom stereocenters. The smallest absolute Gasteiger partial charge is 0.155 e. The van der Waals surface area contributed by atoms with Crippen LogP contribution in [0, 0.1) is 6.92 Å². The lowest BCUT2D eigenvalue weighted by Gasteiger charge is -1.90. The molecule has 0 fully saturated rings. The fourth-order valence-electron chi connectivity index (χ4n) is 1.15. The van der Waals surface area contributed by atoms with E-state index in [1.165, 1.54) is 4.88 Å². The number of aryl methyl sites for hydroxylation is 1. The molecule has 1 heterocycles. The van der Waals surface area contributed by atoms with Gasteiger partial charge in [-0.2, -0.15) is 0 Å². The number of rotatable bonds is 5. The minimum Gasteiger partial charge on any atom is -0.295 e. The van der Waals surface area contributed by atoms with Gasteiger partial charge in [0.1, 0.15) is 0 Å². The summed E-state index contributed by atoms with van der Waals surface area (Å²) in [6, 6.07) is 4.12. The summed E-state index contributed by atoms with van der Waals surface area (Å²) in [6.07, 6.45) is 6.36. The van der Waals surface area contributed by atoms with E-state index in [1.54, 1.807) is 17.4 Å². The summed E-state index contributed by atoms with van der Waals surface area (Å²) >= 11 is 1.71. The highest BCUT2D eigenvalue weighted by Crippen LogP contribution is 2.16. The Morgan fingerprint density at radius 1 is 1.50 bits per heavy atom. The van der Waals surface area contributed by atoms with E-state index in [4.69, 9.17) is 0 Å². The van der Waals surface area contributed by atoms with E-state index in [0.717, 1.165) is 17.7 Å². The first-order valence-electron chi connectivity index (χ1n) is 4.99. The van der Waals surface area contributed by atoms with Crippen LogP contribution in [0.1, 0.15) is 35.9 Å². The van der Waals surface area contributed by atoms with Crippen LogP contribution in [0.4, 0.5) is 0 Å². The van der Waals surface area contributed by atoms with E-state index >= 15 is 0 Å². The lowest BCUT2D eigenvalue weighted by atomic mass is 10.2. The summed E-state index contributed by atoms with van der Waals surface area (Å²) in [6.45, 7) is 4.17. The Balaban J connectivity index is 2.43. The lowest BCUT2D eigenvalue weighted by Crippen LogP contribution is -1.90. The van der Waals surface area contributed by atoms with Gasteiger partial charge in [0.2, 0.25) is 0 Å². The fraction of sp³-hybridized carbons (Fsp3) is 0.417. The Morgan fingerprint density at radius 2 is 2.29 bits per heavy atom. The van der Waals surface area contributed by atoms with E-state index in [9.17, 15) is 4.79 Å². The molecule has 0 N–H and O–H groups in total. The molecule has 1 aromatic heterocycles. The second-order valence-corrected chi connectivity index (χ2v) is 4.67. The van der Waals surface area contributed by atoms with Crippen LogP contribution in [-0.4, -0.2) is 5.78 Å². The predicted octanol–water partition coefficient (Wildman–Crippen LogP) is 3.83. The normalized spacial score (nSPS) is 11.0. The largest absolute Gasteiger partial charge is 0.295 e. The van der Waals surface area contributed by atoms with Crippen LogP contribution < -0.4 is 0 Å². The summed E-state index contributed by atoms with van der Waals surface area (Å²) in [4.78, 5) is 13.7. The molecule has 0 bridgehead atoms. The predicted molar refractivity (Wildman–Crippen MR) is 62.6 cm³/mol. The average molecular weight is 208 g/mol. The first-order valence-corrected chi connectivity index (χ1v) is 5.81. The number of unbranched alkanes of at least 4 members (excludes halogenated alkanes) is 1. The number of carbonyl (C=O) groups excluding carboxylic acids is 1. The fourth-order valence-corrected chi connectivity index (χ4v) is 1.93. The molecule has 1 nitrogen and oxygen atoms in total. The Kier molecular flexibility index (Phi) is 4.60. The highest BCUT2D eigenvalue weighted by Gasteiger charge is 1.96. The quantitative estimate of drug-likeness (QED) is 0.672. The van der Waals surface area contributed by atoms with E-state index in [2.05, 4.69) is 19.9 Å². The summed E-state index contributed by atoms with van der Waals surface area (Å²) in [5, 5.41) is 0. The molecule has 0 aromatic carbocycles. The number of allylic oxidation sites excluding steroid dienone is 1. The van der Waals surface area contributed by atoms with Crippen molar-refractivity contribution in [1.29, 1.82) is 0 Å². The summed E-state index contributed by atoms with van der Waals surface area (Å²) in [7, 11) is 0. The van der Waals surface area contributed by atoms with Crippen molar-refractivity contribution in [2.75, 3.05) is 0 Å². The standard InChI is InChI=1S/C12H16OS/c1-3-4-5-11(13)7-9-12-8-6-10(2)14-12/h6-9H,3-5H2,1-2H3/b9-7-. The van der Waals surface area contributed by atoms with Crippen molar-refractivity contribution in [1.82, 2.24) is 0 Å². The number of hydrogen-bond donors (Lipinski definition) is 0. The Labute approximate surface area is 89.5 Å². The van der Waals surface area contributed by atoms with Crippen LogP contribution in [0.3, 0.4) is 0 Å². The third-order valence-electron chi connectivity index (χ3n) is 1.97. The summed E-state index contributed by atoms with van der Waals surface area (Å²) in [5.74, 6) is 0.234. The molecule has 1 rings (SSSR count). The van der Waals surface area contributed by atoms with Crippen molar-refractivity contribution in [3.8, 4) is 0 Å². The third-order valence-corrected chi connectivity index (χ3v) is 2.94. The van der Waals surface area contributed by atoms with Crippen molar-refractivity contribution in [2.45, 2.75) is 33.1 Å². The van der Waals surface area contributed by atoms with Crippen molar-refractivity contribution >= 4 is 23.2 Å². The SMILES string of the molecule is CCCCC(=O)/C=C\c1ccc(C)s1. The molecule has 0 aliphatic rings. The van der Waals surface area contributed by atoms with Gasteiger partial charge in [0, 0.05) is 16.2 Å². The van der Waals surface area contributed by atoms with Crippen LogP contribution in [0.25, 0.3) is 6.08 Å². The van der Waals surface area contributed by atoms with Gasteiger partial charge in [-0.05, 0) is 37.6 Å². The molecule has 0 unspecified atom stereocenters. The van der Waals surface area contributed by atoms with Gasteiger partial charge < -0.3 is 0 Å². The minimum absolute atomic E-state index is 0.234. The number of hydrogen-bond acceptors (Lipinski definition) is 2. The van der Waals surface area contributed by atoms with Gasteiger partial charge >= 0.3 is 0 Å². The number of thiophene rings is 1. The van der Waals surface area contributed by atoms with Crippen molar-refractivity contribution in [2.24, 2.45) is 0 Å². The van der Waals surface area contributed by atoms with Gasteiger partial charge in [-0.3, -0.25) is 4.79 Å². The highest BCUT2D eigenvalue weighted by molar-refractivity contribution is 7.12. The molecule has 0 saturated carbocycles. The van der Waals surface area contributed by atoms with Gasteiger partial charge in [-0.15, -0.1) is 11.3 Å². The maximum absolute atomic E-state index is 11.3. The van der Waals surface area contributed by atoms with Crippen LogP contribution in [0.2, 0.25) is 0 Å². The van der Waals surface area contributed by atoms with Crippen LogP contribution in [0.15, 0.2) is 18.2 Å². The molecule has 0 spiro atoms. The van der Waals surface area contributed by atoms with Gasteiger partial charge in [0.25, 0.3) is 0 Å². The minimum atomic E-state index is 0.234. The molecule has 0 radical (unpaired) electrons. The van der Waals surface area contributed by atoms with Crippen molar-refractivity contribution in [3.63, 3.8) is 0 Å². The summed E-state index contributed by atoms with van der Waals surface area (Å²) in [5.41, 5.74) is 0. The van der Waals surface area contributed by atoms with Gasteiger partial charge in [0.15, 0.2) is 5.78 Å². The van der Waals surface area contributed by atoms with Crippen LogP contribution >= 0.6 is 11.3 Å². The lowest BCUT2D eigenvalue weighted by molar-refractivity contribution is -0.114. The molecule has 1 aromatic rings. The van der Waals surface area contributed by atoms with Gasteiger partial charge in [-0.1, -0.05) is 13.3 Å². The van der Waals surface area contributed by atoms with Crippen LogP contribution in [-0.2, 0) is 4.79 Å². The van der Waals surface area contributed by atoms with Crippen molar-refractivity contribution in [3.05, 3.63) is 28.0 Å². The second-order valence-electron chi connectivity index (χ2n) is 3.35. The monoisotopic (exact) mass is 208 g/mol. The maximum atomic E-state index is 11.3. The molecule has 0 aliphatic carbocycles. The number of carbonyl (C=O) groups is 1. The van der Waals surface area contributed by atoms with Crippen molar-refractivity contribution < 1.29 is 4.79 Å². The van der Waals surface area contributed by atoms with E-state index < -0.39 is 0 Å². The number of ketones is 1. The zero-order valence-electron chi connectivity index (χ0n) is 8.75. The molecule has 14 heavy (non-hydrogen) atoms. The molecular formula is C12H16OS. The zero-order chi connectivity index (χ0) is 10.4. The zero-order valence-corrected chi connectivity index (χ0v) is 9.56. The molecule has 76 valence electrons. The summed E-state index contributed by atoms with van der Waals surface area (Å²) < 4.78 is 0. The van der Waals surface area contributed by atoms with E-state index in [-0.39, 0.29) is 5.78 Å². The third kappa shape index (κ3) is 3.88. The molecule has 0 aliphatic heterocycles. The molecular weight excluding hydrogens is 192 g/mol. The Hall–Kier alpha value is -0.890. The maximum Gasteiger partial charge on any atom is 0.155 e. The Morgan fingerprint density at radius 3 is 2.86 bits per heavy atom. The van der Waals surface area contributed by atoms with E-state index in [0.29, 0.717) is 6.42 Å². The topological polar surface area (TPSA) is 17.1 Å². The van der Waals surface area contributed by atoms with Crippen LogP contribution in [0.5, 0.6) is 0 Å². The molecule has 0 amide bonds.